The van der Waals surface area contributed by atoms with Crippen molar-refractivity contribution < 1.29 is 23.6 Å². The Labute approximate surface area is 167 Å². The van der Waals surface area contributed by atoms with Crippen molar-refractivity contribution in [2.75, 3.05) is 30.1 Å². The molecule has 1 fully saturated rings. The molecular formula is C19H30N2O6S. The fraction of sp³-hybridized carbons (Fsp3) is 0.632. The van der Waals surface area contributed by atoms with Crippen LogP contribution in [0.3, 0.4) is 0 Å². The molecule has 0 radical (unpaired) electrons. The van der Waals surface area contributed by atoms with Crippen molar-refractivity contribution in [2.45, 2.75) is 51.5 Å². The van der Waals surface area contributed by atoms with E-state index >= 15 is 0 Å². The van der Waals surface area contributed by atoms with E-state index in [4.69, 9.17) is 4.74 Å². The summed E-state index contributed by atoms with van der Waals surface area (Å²) in [5, 5.41) is 11.8. The van der Waals surface area contributed by atoms with Gasteiger partial charge in [-0.25, -0.2) is 0 Å². The van der Waals surface area contributed by atoms with Crippen LogP contribution in [0, 0.1) is 10.1 Å². The molecule has 0 amide bonds. The van der Waals surface area contributed by atoms with Gasteiger partial charge in [-0.1, -0.05) is 13.0 Å². The summed E-state index contributed by atoms with van der Waals surface area (Å²) in [6, 6.07) is 5.19. The van der Waals surface area contributed by atoms with Crippen LogP contribution in [0.5, 0.6) is 0 Å². The maximum absolute atomic E-state index is 11.8. The van der Waals surface area contributed by atoms with Gasteiger partial charge < -0.3 is 9.64 Å². The Morgan fingerprint density at radius 1 is 1.36 bits per heavy atom. The van der Waals surface area contributed by atoms with E-state index in [1.54, 1.807) is 12.1 Å². The lowest BCUT2D eigenvalue weighted by Gasteiger charge is -2.43. The Hall–Kier alpha value is -1.84. The summed E-state index contributed by atoms with van der Waals surface area (Å²) >= 11 is 0. The zero-order valence-electron chi connectivity index (χ0n) is 16.7. The van der Waals surface area contributed by atoms with Crippen LogP contribution < -0.4 is 4.90 Å². The van der Waals surface area contributed by atoms with Gasteiger partial charge in [0.1, 0.15) is 5.69 Å². The summed E-state index contributed by atoms with van der Waals surface area (Å²) in [6.45, 7) is 4.46. The average Bonchev–Trinajstić information content (AvgIpc) is 2.67. The van der Waals surface area contributed by atoms with Crippen LogP contribution in [0.2, 0.25) is 0 Å². The van der Waals surface area contributed by atoms with Crippen LogP contribution in [0.1, 0.15) is 51.0 Å². The maximum Gasteiger partial charge on any atom is 0.306 e. The molecule has 8 nitrogen and oxygen atoms in total. The van der Waals surface area contributed by atoms with Crippen molar-refractivity contribution in [3.05, 3.63) is 33.9 Å². The van der Waals surface area contributed by atoms with E-state index in [1.165, 1.54) is 7.11 Å². The summed E-state index contributed by atoms with van der Waals surface area (Å²) < 4.78 is 24.4. The summed E-state index contributed by atoms with van der Waals surface area (Å²) in [6.07, 6.45) is 2.04. The van der Waals surface area contributed by atoms with E-state index in [0.29, 0.717) is 43.0 Å². The van der Waals surface area contributed by atoms with E-state index in [1.807, 2.05) is 24.8 Å². The molecule has 2 rings (SSSR count). The predicted octanol–water partition coefficient (Wildman–Crippen LogP) is 4.39. The van der Waals surface area contributed by atoms with Gasteiger partial charge in [-0.15, -0.1) is 0 Å². The largest absolute Gasteiger partial charge is 0.469 e. The van der Waals surface area contributed by atoms with Gasteiger partial charge >= 0.3 is 5.97 Å². The predicted molar refractivity (Wildman–Crippen MR) is 111 cm³/mol. The lowest BCUT2D eigenvalue weighted by Crippen LogP contribution is -2.40. The molecular weight excluding hydrogens is 384 g/mol. The van der Waals surface area contributed by atoms with Crippen molar-refractivity contribution in [1.82, 2.24) is 0 Å². The summed E-state index contributed by atoms with van der Waals surface area (Å²) in [7, 11) is -1.17. The second-order valence-corrected chi connectivity index (χ2v) is 9.54. The molecule has 1 unspecified atom stereocenters. The smallest absolute Gasteiger partial charge is 0.306 e. The quantitative estimate of drug-likeness (QED) is 0.368. The number of rotatable bonds is 8. The highest BCUT2D eigenvalue weighted by Crippen LogP contribution is 2.46. The first kappa shape index (κ1) is 22.4. The third-order valence-electron chi connectivity index (χ3n) is 5.45. The molecule has 1 atom stereocenters. The minimum atomic E-state index is -2.51. The number of nitro groups is 1. The molecule has 0 bridgehead atoms. The van der Waals surface area contributed by atoms with Crippen molar-refractivity contribution in [3.63, 3.8) is 0 Å². The minimum absolute atomic E-state index is 0.0137. The Morgan fingerprint density at radius 2 is 2.00 bits per heavy atom. The first-order valence-electron chi connectivity index (χ1n) is 9.57. The summed E-state index contributed by atoms with van der Waals surface area (Å²) in [5.41, 5.74) is 1.30. The van der Waals surface area contributed by atoms with Gasteiger partial charge in [0, 0.05) is 30.2 Å². The highest BCUT2D eigenvalue weighted by Gasteiger charge is 2.31. The van der Waals surface area contributed by atoms with Crippen LogP contribution in [0.25, 0.3) is 0 Å². The van der Waals surface area contributed by atoms with Gasteiger partial charge in [-0.3, -0.25) is 24.0 Å². The number of anilines is 1. The number of hydrogen-bond donors (Lipinski definition) is 2. The number of carbonyl (C=O) groups is 1. The Kier molecular flexibility index (Phi) is 7.68. The van der Waals surface area contributed by atoms with Crippen LogP contribution >= 0.6 is 10.6 Å². The molecule has 2 N–H and O–H groups in total. The van der Waals surface area contributed by atoms with Crippen molar-refractivity contribution in [2.24, 2.45) is 0 Å². The first-order chi connectivity index (χ1) is 13.2. The van der Waals surface area contributed by atoms with Gasteiger partial charge in [0.15, 0.2) is 0 Å². The topological polar surface area (TPSA) is 113 Å². The normalized spacial score (nSPS) is 18.9. The number of nitro benzene ring substituents is 1. The summed E-state index contributed by atoms with van der Waals surface area (Å²) in [5.74, 6) is 0.182. The number of nitrogens with zero attached hydrogens (tertiary/aromatic N) is 2. The molecule has 0 aliphatic carbocycles. The van der Waals surface area contributed by atoms with Crippen LogP contribution in [0.15, 0.2) is 18.2 Å². The SMILES string of the molecule is CCC(CC(=O)OC)c1ccc(N(CC)C2CCS(O)(O)CC2)c([N+](=O)[O-])c1. The molecule has 0 spiro atoms. The zero-order chi connectivity index (χ0) is 20.9. The van der Waals surface area contributed by atoms with Gasteiger partial charge in [0.25, 0.3) is 5.69 Å². The minimum Gasteiger partial charge on any atom is -0.469 e. The number of esters is 1. The second kappa shape index (κ2) is 9.58. The van der Waals surface area contributed by atoms with Crippen molar-refractivity contribution in [3.8, 4) is 0 Å². The van der Waals surface area contributed by atoms with Gasteiger partial charge in [0.2, 0.25) is 0 Å². The Morgan fingerprint density at radius 3 is 2.50 bits per heavy atom. The van der Waals surface area contributed by atoms with Gasteiger partial charge in [-0.05, 0) is 43.7 Å². The second-order valence-electron chi connectivity index (χ2n) is 7.12. The van der Waals surface area contributed by atoms with Crippen LogP contribution in [-0.4, -0.2) is 51.2 Å². The van der Waals surface area contributed by atoms with Gasteiger partial charge in [0.05, 0.1) is 18.5 Å². The molecule has 1 heterocycles. The number of methoxy groups -OCH3 is 1. The zero-order valence-corrected chi connectivity index (χ0v) is 17.5. The molecule has 1 saturated heterocycles. The molecule has 9 heteroatoms. The molecule has 158 valence electrons. The van der Waals surface area contributed by atoms with Crippen molar-refractivity contribution >= 4 is 27.9 Å². The molecule has 1 aromatic rings. The lowest BCUT2D eigenvalue weighted by molar-refractivity contribution is -0.384. The van der Waals surface area contributed by atoms with Gasteiger partial charge in [-0.2, -0.15) is 10.6 Å². The number of hydrogen-bond acceptors (Lipinski definition) is 7. The highest BCUT2D eigenvalue weighted by molar-refractivity contribution is 8.24. The van der Waals surface area contributed by atoms with Crippen LogP contribution in [0.4, 0.5) is 11.4 Å². The van der Waals surface area contributed by atoms with E-state index in [0.717, 1.165) is 5.56 Å². The fourth-order valence-electron chi connectivity index (χ4n) is 3.80. The highest BCUT2D eigenvalue weighted by atomic mass is 32.3. The molecule has 28 heavy (non-hydrogen) atoms. The number of benzene rings is 1. The number of ether oxygens (including phenoxy) is 1. The number of carbonyl (C=O) groups excluding carboxylic acids is 1. The lowest BCUT2D eigenvalue weighted by atomic mass is 9.92. The van der Waals surface area contributed by atoms with E-state index < -0.39 is 10.6 Å². The molecule has 0 saturated carbocycles. The third kappa shape index (κ3) is 5.36. The monoisotopic (exact) mass is 414 g/mol. The third-order valence-corrected chi connectivity index (χ3v) is 7.23. The van der Waals surface area contributed by atoms with E-state index in [2.05, 4.69) is 0 Å². The molecule has 1 aromatic carbocycles. The van der Waals surface area contributed by atoms with Crippen molar-refractivity contribution in [1.29, 1.82) is 0 Å². The van der Waals surface area contributed by atoms with Crippen LogP contribution in [-0.2, 0) is 9.53 Å². The average molecular weight is 415 g/mol. The fourth-order valence-corrected chi connectivity index (χ4v) is 5.30. The molecule has 1 aliphatic rings. The Bertz CT molecular complexity index is 702. The maximum atomic E-state index is 11.8. The summed E-state index contributed by atoms with van der Waals surface area (Å²) in [4.78, 5) is 25.0. The standard InChI is InChI=1S/C19H30N2O6S/c1-4-14(13-19(22)27-3)15-6-7-17(18(12-15)21(23)24)20(5-2)16-8-10-28(25,26)11-9-16/h6-7,12,14,16,25-26H,4-5,8-11,13H2,1-3H3. The van der Waals surface area contributed by atoms with E-state index in [9.17, 15) is 24.0 Å². The molecule has 1 aliphatic heterocycles. The Balaban J connectivity index is 2.33. The van der Waals surface area contributed by atoms with E-state index in [-0.39, 0.29) is 35.0 Å². The molecule has 0 aromatic heterocycles. The first-order valence-corrected chi connectivity index (χ1v) is 11.5.